The van der Waals surface area contributed by atoms with Crippen LogP contribution in [0.4, 0.5) is 0 Å². The van der Waals surface area contributed by atoms with E-state index in [-0.39, 0.29) is 0 Å². The number of hydrogen-bond donors (Lipinski definition) is 3. The third kappa shape index (κ3) is 8.45. The standard InChI is InChI=1S/C20H36N6O5/c1-16(2,3)31-15(30)20(10,11)24-13(28)18(6,7)22-12(27)17(4,5)23-14(29)19(8,9)25-26-21/h1-11H3,(H,22,27)(H,23,29)(H,24,28). The van der Waals surface area contributed by atoms with E-state index in [1.807, 2.05) is 0 Å². The van der Waals surface area contributed by atoms with Crippen LogP contribution in [-0.4, -0.2) is 51.4 Å². The lowest BCUT2D eigenvalue weighted by Crippen LogP contribution is -2.66. The Morgan fingerprint density at radius 1 is 0.677 bits per heavy atom. The molecule has 0 spiro atoms. The second-order valence-corrected chi connectivity index (χ2v) is 10.5. The van der Waals surface area contributed by atoms with Gasteiger partial charge in [-0.25, -0.2) is 4.79 Å². The smallest absolute Gasteiger partial charge is 0.331 e. The maximum Gasteiger partial charge on any atom is 0.331 e. The molecule has 31 heavy (non-hydrogen) atoms. The van der Waals surface area contributed by atoms with Crippen molar-refractivity contribution in [1.82, 2.24) is 16.0 Å². The number of amides is 3. The fourth-order valence-electron chi connectivity index (χ4n) is 2.04. The molecule has 3 N–H and O–H groups in total. The molecule has 3 amide bonds. The second-order valence-electron chi connectivity index (χ2n) is 10.5. The summed E-state index contributed by atoms with van der Waals surface area (Å²) < 4.78 is 5.32. The average molecular weight is 441 g/mol. The number of hydrogen-bond acceptors (Lipinski definition) is 6. The van der Waals surface area contributed by atoms with E-state index in [0.29, 0.717) is 0 Å². The maximum absolute atomic E-state index is 12.8. The monoisotopic (exact) mass is 440 g/mol. The van der Waals surface area contributed by atoms with Crippen molar-refractivity contribution >= 4 is 23.7 Å². The first-order valence-electron chi connectivity index (χ1n) is 9.85. The lowest BCUT2D eigenvalue weighted by Gasteiger charge is -2.35. The van der Waals surface area contributed by atoms with Crippen molar-refractivity contribution in [3.05, 3.63) is 10.4 Å². The van der Waals surface area contributed by atoms with Gasteiger partial charge in [0.1, 0.15) is 27.8 Å². The zero-order valence-electron chi connectivity index (χ0n) is 20.4. The minimum Gasteiger partial charge on any atom is -0.458 e. The Hall–Kier alpha value is -2.81. The first kappa shape index (κ1) is 28.2. The zero-order valence-corrected chi connectivity index (χ0v) is 20.4. The van der Waals surface area contributed by atoms with Crippen LogP contribution < -0.4 is 16.0 Å². The number of azide groups is 1. The van der Waals surface area contributed by atoms with Crippen LogP contribution in [0.2, 0.25) is 0 Å². The van der Waals surface area contributed by atoms with Gasteiger partial charge in [0, 0.05) is 4.91 Å². The maximum atomic E-state index is 12.8. The van der Waals surface area contributed by atoms with Crippen LogP contribution in [-0.2, 0) is 23.9 Å². The lowest BCUT2D eigenvalue weighted by atomic mass is 9.95. The summed E-state index contributed by atoms with van der Waals surface area (Å²) >= 11 is 0. The molecule has 11 nitrogen and oxygen atoms in total. The molecule has 0 aliphatic rings. The van der Waals surface area contributed by atoms with Crippen LogP contribution in [0.15, 0.2) is 5.11 Å². The van der Waals surface area contributed by atoms with Gasteiger partial charge in [0.15, 0.2) is 0 Å². The fourth-order valence-corrected chi connectivity index (χ4v) is 2.04. The molecule has 176 valence electrons. The molecule has 0 rings (SSSR count). The van der Waals surface area contributed by atoms with Gasteiger partial charge in [0.2, 0.25) is 17.7 Å². The Balaban J connectivity index is 5.35. The molecule has 0 radical (unpaired) electrons. The van der Waals surface area contributed by atoms with Crippen molar-refractivity contribution in [2.45, 2.75) is 104 Å². The van der Waals surface area contributed by atoms with E-state index in [2.05, 4.69) is 26.0 Å². The quantitative estimate of drug-likeness (QED) is 0.227. The first-order valence-corrected chi connectivity index (χ1v) is 9.85. The van der Waals surface area contributed by atoms with Gasteiger partial charge in [-0.1, -0.05) is 5.11 Å². The highest BCUT2D eigenvalue weighted by molar-refractivity contribution is 5.98. The summed E-state index contributed by atoms with van der Waals surface area (Å²) in [6.45, 7) is 16.8. The lowest BCUT2D eigenvalue weighted by molar-refractivity contribution is -0.163. The number of rotatable bonds is 8. The molecular formula is C20H36N6O5. The molecule has 0 saturated heterocycles. The van der Waals surface area contributed by atoms with Crippen molar-refractivity contribution in [3.8, 4) is 0 Å². The molecule has 0 saturated carbocycles. The minimum absolute atomic E-state index is 0.617. The Kier molecular flexibility index (Phi) is 8.30. The Bertz CT molecular complexity index is 786. The molecule has 0 aliphatic carbocycles. The van der Waals surface area contributed by atoms with Gasteiger partial charge in [0.05, 0.1) is 0 Å². The van der Waals surface area contributed by atoms with Crippen molar-refractivity contribution in [2.75, 3.05) is 0 Å². The molecule has 0 fully saturated rings. The van der Waals surface area contributed by atoms with Crippen molar-refractivity contribution < 1.29 is 23.9 Å². The summed E-state index contributed by atoms with van der Waals surface area (Å²) in [5, 5.41) is 11.1. The predicted molar refractivity (Wildman–Crippen MR) is 116 cm³/mol. The molecule has 0 atom stereocenters. The van der Waals surface area contributed by atoms with Gasteiger partial charge < -0.3 is 20.7 Å². The summed E-state index contributed by atoms with van der Waals surface area (Å²) in [6.07, 6.45) is 0. The van der Waals surface area contributed by atoms with E-state index < -0.39 is 51.4 Å². The highest BCUT2D eigenvalue weighted by Gasteiger charge is 2.42. The van der Waals surface area contributed by atoms with Crippen molar-refractivity contribution in [2.24, 2.45) is 5.11 Å². The number of esters is 1. The second kappa shape index (κ2) is 9.13. The number of carbonyl (C=O) groups is 4. The molecule has 0 aromatic rings. The van der Waals surface area contributed by atoms with E-state index in [1.54, 1.807) is 20.8 Å². The van der Waals surface area contributed by atoms with Crippen LogP contribution >= 0.6 is 0 Å². The van der Waals surface area contributed by atoms with Gasteiger partial charge in [-0.05, 0) is 81.7 Å². The molecule has 0 unspecified atom stereocenters. The Labute approximate surface area is 183 Å². The van der Waals surface area contributed by atoms with E-state index in [1.165, 1.54) is 55.4 Å². The van der Waals surface area contributed by atoms with Gasteiger partial charge in [0.25, 0.3) is 0 Å². The molecule has 0 aliphatic heterocycles. The Morgan fingerprint density at radius 2 is 1.03 bits per heavy atom. The summed E-state index contributed by atoms with van der Waals surface area (Å²) in [6, 6.07) is 0. The molecule has 0 heterocycles. The van der Waals surface area contributed by atoms with Crippen LogP contribution in [0.25, 0.3) is 10.4 Å². The number of ether oxygens (including phenoxy) is 1. The molecule has 0 aromatic heterocycles. The summed E-state index contributed by atoms with van der Waals surface area (Å²) in [7, 11) is 0. The largest absolute Gasteiger partial charge is 0.458 e. The third-order valence-electron chi connectivity index (χ3n) is 4.17. The van der Waals surface area contributed by atoms with Gasteiger partial charge >= 0.3 is 5.97 Å². The number of nitrogens with zero attached hydrogens (tertiary/aromatic N) is 3. The fraction of sp³-hybridized carbons (Fsp3) is 0.800. The normalized spacial score (nSPS) is 12.9. The highest BCUT2D eigenvalue weighted by Crippen LogP contribution is 2.17. The predicted octanol–water partition coefficient (Wildman–Crippen LogP) is 2.10. The molecule has 0 aromatic carbocycles. The SMILES string of the molecule is CC(C)(C)OC(=O)C(C)(C)NC(=O)C(C)(C)NC(=O)C(C)(C)NC(=O)C(C)(C)N=[N+]=[N-]. The minimum atomic E-state index is -1.42. The first-order chi connectivity index (χ1) is 13.6. The van der Waals surface area contributed by atoms with E-state index in [0.717, 1.165) is 0 Å². The summed E-state index contributed by atoms with van der Waals surface area (Å²) in [5.74, 6) is -2.54. The van der Waals surface area contributed by atoms with Gasteiger partial charge in [-0.15, -0.1) is 0 Å². The molecule has 11 heteroatoms. The topological polar surface area (TPSA) is 162 Å². The van der Waals surface area contributed by atoms with Crippen LogP contribution in [0.3, 0.4) is 0 Å². The van der Waals surface area contributed by atoms with E-state index in [9.17, 15) is 19.2 Å². The number of carbonyl (C=O) groups excluding carboxylic acids is 4. The zero-order chi connectivity index (χ0) is 25.1. The third-order valence-corrected chi connectivity index (χ3v) is 4.17. The number of nitrogens with one attached hydrogen (secondary N) is 3. The van der Waals surface area contributed by atoms with Crippen LogP contribution in [0, 0.1) is 0 Å². The van der Waals surface area contributed by atoms with Crippen molar-refractivity contribution in [3.63, 3.8) is 0 Å². The molecule has 0 bridgehead atoms. The van der Waals surface area contributed by atoms with Crippen molar-refractivity contribution in [1.29, 1.82) is 0 Å². The van der Waals surface area contributed by atoms with E-state index in [4.69, 9.17) is 10.3 Å². The summed E-state index contributed by atoms with van der Waals surface area (Å²) in [5.41, 5.74) is 2.28. The van der Waals surface area contributed by atoms with E-state index >= 15 is 0 Å². The van der Waals surface area contributed by atoms with Gasteiger partial charge in [-0.2, -0.15) is 0 Å². The van der Waals surface area contributed by atoms with Crippen LogP contribution in [0.1, 0.15) is 76.2 Å². The average Bonchev–Trinajstić information content (AvgIpc) is 2.51. The molecular weight excluding hydrogens is 404 g/mol. The van der Waals surface area contributed by atoms with Gasteiger partial charge in [-0.3, -0.25) is 14.4 Å². The Morgan fingerprint density at radius 3 is 1.39 bits per heavy atom. The highest BCUT2D eigenvalue weighted by atomic mass is 16.6. The summed E-state index contributed by atoms with van der Waals surface area (Å²) in [4.78, 5) is 53.0. The van der Waals surface area contributed by atoms with Crippen LogP contribution in [0.5, 0.6) is 0 Å².